The Kier molecular flexibility index (Phi) is 9.54. The summed E-state index contributed by atoms with van der Waals surface area (Å²) < 4.78 is 26.9. The van der Waals surface area contributed by atoms with Crippen LogP contribution in [0.1, 0.15) is 0 Å². The van der Waals surface area contributed by atoms with Crippen molar-refractivity contribution in [3.05, 3.63) is 0 Å². The first-order chi connectivity index (χ1) is 16.0. The van der Waals surface area contributed by atoms with Gasteiger partial charge in [0.25, 0.3) is 0 Å². The third-order valence-corrected chi connectivity index (χ3v) is 6.23. The van der Waals surface area contributed by atoms with Gasteiger partial charge in [0, 0.05) is 0 Å². The van der Waals surface area contributed by atoms with Gasteiger partial charge < -0.3 is 81.1 Å². The molecule has 3 fully saturated rings. The van der Waals surface area contributed by atoms with Crippen LogP contribution in [0, 0.1) is 0 Å². The number of aliphatic hydroxyl groups excluding tert-OH is 9. The van der Waals surface area contributed by atoms with Crippen molar-refractivity contribution in [1.29, 1.82) is 0 Å². The Labute approximate surface area is 193 Å². The minimum Gasteiger partial charge on any atom is -0.394 e. The summed E-state index contributed by atoms with van der Waals surface area (Å²) in [6.45, 7) is -1.85. The predicted octanol–water partition coefficient (Wildman–Crippen LogP) is -7.64. The minimum atomic E-state index is -1.76. The summed E-state index contributed by atoms with van der Waals surface area (Å²) in [7, 11) is 0. The van der Waals surface area contributed by atoms with Crippen molar-refractivity contribution in [3.8, 4) is 0 Å². The Morgan fingerprint density at radius 3 is 1.79 bits per heavy atom. The average Bonchev–Trinajstić information content (AvgIpc) is 2.83. The first-order valence-corrected chi connectivity index (χ1v) is 10.7. The molecule has 0 aliphatic carbocycles. The molecule has 3 rings (SSSR count). The molecular formula is C18H34N2O14. The maximum absolute atomic E-state index is 10.7. The largest absolute Gasteiger partial charge is 0.394 e. The molecule has 13 N–H and O–H groups in total. The standard InChI is InChI=1S/C18H34N2O14/c19-7-11(25)10(24)6(31-16(7)29)3-30-17-8(20)12(26)15(5(2-22)33-17)34-18-14(28)13(27)9(23)4(1-21)32-18/h4-18,21-29H,1-3,19-20H2/t4-,5-,6-,7-,8-,9-,10-,11-,12-,13+,14-,15-,16?,17-,18+/m1/s1. The highest BCUT2D eigenvalue weighted by atomic mass is 16.7. The van der Waals surface area contributed by atoms with Crippen LogP contribution in [0.25, 0.3) is 0 Å². The second kappa shape index (κ2) is 11.6. The topological polar surface area (TPSA) is 280 Å². The van der Waals surface area contributed by atoms with Crippen molar-refractivity contribution in [2.75, 3.05) is 19.8 Å². The van der Waals surface area contributed by atoms with E-state index in [1.165, 1.54) is 0 Å². The molecule has 0 aromatic heterocycles. The van der Waals surface area contributed by atoms with Crippen LogP contribution in [-0.4, -0.2) is 158 Å². The molecule has 0 amide bonds. The van der Waals surface area contributed by atoms with Gasteiger partial charge in [-0.25, -0.2) is 0 Å². The Morgan fingerprint density at radius 1 is 0.588 bits per heavy atom. The van der Waals surface area contributed by atoms with Gasteiger partial charge in [-0.15, -0.1) is 0 Å². The molecule has 3 heterocycles. The summed E-state index contributed by atoms with van der Waals surface area (Å²) in [6, 6.07) is -2.53. The summed E-state index contributed by atoms with van der Waals surface area (Å²) in [5.74, 6) is 0. The van der Waals surface area contributed by atoms with E-state index in [-0.39, 0.29) is 0 Å². The molecule has 15 atom stereocenters. The van der Waals surface area contributed by atoms with Crippen LogP contribution >= 0.6 is 0 Å². The molecule has 200 valence electrons. The van der Waals surface area contributed by atoms with Crippen LogP contribution in [-0.2, 0) is 23.7 Å². The fraction of sp³-hybridized carbons (Fsp3) is 1.00. The van der Waals surface area contributed by atoms with Gasteiger partial charge in [-0.1, -0.05) is 0 Å². The predicted molar refractivity (Wildman–Crippen MR) is 105 cm³/mol. The van der Waals surface area contributed by atoms with Crippen molar-refractivity contribution >= 4 is 0 Å². The fourth-order valence-corrected chi connectivity index (χ4v) is 4.03. The normalized spacial score (nSPS) is 52.5. The first kappa shape index (κ1) is 27.9. The number of hydrogen-bond acceptors (Lipinski definition) is 16. The molecule has 3 aliphatic rings. The van der Waals surface area contributed by atoms with Gasteiger partial charge in [0.15, 0.2) is 18.9 Å². The number of rotatable bonds is 7. The summed E-state index contributed by atoms with van der Waals surface area (Å²) in [6.07, 6.45) is -19.3. The van der Waals surface area contributed by atoms with Crippen molar-refractivity contribution < 1.29 is 69.6 Å². The van der Waals surface area contributed by atoms with E-state index in [9.17, 15) is 46.0 Å². The quantitative estimate of drug-likeness (QED) is 0.154. The lowest BCUT2D eigenvalue weighted by Gasteiger charge is -2.46. The molecular weight excluding hydrogens is 468 g/mol. The maximum Gasteiger partial charge on any atom is 0.187 e. The lowest BCUT2D eigenvalue weighted by molar-refractivity contribution is -0.349. The Balaban J connectivity index is 1.63. The smallest absolute Gasteiger partial charge is 0.187 e. The SMILES string of the molecule is N[C@H]1[C@H](OC[C@H]2OC(O)[C@H](N)[C@@H](O)[C@@H]2O)O[C@H](CO)[C@@H](O[C@@H]2O[C@H](CO)[C@@H](O)[C@H](O)[C@H]2O)[C@@H]1O. The van der Waals surface area contributed by atoms with Crippen LogP contribution in [0.5, 0.6) is 0 Å². The van der Waals surface area contributed by atoms with Gasteiger partial charge in [-0.3, -0.25) is 0 Å². The number of nitrogens with two attached hydrogens (primary N) is 2. The highest BCUT2D eigenvalue weighted by Crippen LogP contribution is 2.29. The zero-order chi connectivity index (χ0) is 25.3. The summed E-state index contributed by atoms with van der Waals surface area (Å²) in [5, 5.41) is 89.4. The molecule has 34 heavy (non-hydrogen) atoms. The maximum atomic E-state index is 10.7. The van der Waals surface area contributed by atoms with E-state index in [1.807, 2.05) is 0 Å². The molecule has 0 aromatic carbocycles. The first-order valence-electron chi connectivity index (χ1n) is 10.7. The van der Waals surface area contributed by atoms with Gasteiger partial charge in [-0.2, -0.15) is 0 Å². The van der Waals surface area contributed by atoms with Crippen molar-refractivity contribution in [2.24, 2.45) is 11.5 Å². The summed E-state index contributed by atoms with van der Waals surface area (Å²) in [4.78, 5) is 0. The number of aliphatic hydroxyl groups is 9. The Hall–Kier alpha value is -0.640. The molecule has 16 nitrogen and oxygen atoms in total. The third-order valence-electron chi connectivity index (χ3n) is 6.23. The molecule has 0 aromatic rings. The highest BCUT2D eigenvalue weighted by Gasteiger charge is 2.51. The van der Waals surface area contributed by atoms with Gasteiger partial charge in [-0.05, 0) is 0 Å². The van der Waals surface area contributed by atoms with Crippen LogP contribution in [0.2, 0.25) is 0 Å². The van der Waals surface area contributed by atoms with Crippen molar-refractivity contribution in [2.45, 2.75) is 92.0 Å². The van der Waals surface area contributed by atoms with E-state index < -0.39 is 112 Å². The van der Waals surface area contributed by atoms with Crippen LogP contribution in [0.4, 0.5) is 0 Å². The van der Waals surface area contributed by atoms with Crippen LogP contribution in [0.15, 0.2) is 0 Å². The van der Waals surface area contributed by atoms with Crippen LogP contribution in [0.3, 0.4) is 0 Å². The Morgan fingerprint density at radius 2 is 1.18 bits per heavy atom. The molecule has 3 aliphatic heterocycles. The van der Waals surface area contributed by atoms with Gasteiger partial charge in [0.1, 0.15) is 61.0 Å². The Bertz CT molecular complexity index is 646. The van der Waals surface area contributed by atoms with Gasteiger partial charge in [0.2, 0.25) is 0 Å². The zero-order valence-electron chi connectivity index (χ0n) is 18.0. The van der Waals surface area contributed by atoms with Gasteiger partial charge >= 0.3 is 0 Å². The number of hydrogen-bond donors (Lipinski definition) is 11. The summed E-state index contributed by atoms with van der Waals surface area (Å²) in [5.41, 5.74) is 11.5. The van der Waals surface area contributed by atoms with Crippen LogP contribution < -0.4 is 11.5 Å². The zero-order valence-corrected chi connectivity index (χ0v) is 18.0. The van der Waals surface area contributed by atoms with E-state index in [0.29, 0.717) is 0 Å². The number of ether oxygens (including phenoxy) is 5. The molecule has 3 saturated heterocycles. The minimum absolute atomic E-state index is 0.441. The highest BCUT2D eigenvalue weighted by molar-refractivity contribution is 4.96. The molecule has 0 radical (unpaired) electrons. The fourth-order valence-electron chi connectivity index (χ4n) is 4.03. The van der Waals surface area contributed by atoms with E-state index in [0.717, 1.165) is 0 Å². The van der Waals surface area contributed by atoms with E-state index in [1.54, 1.807) is 0 Å². The molecule has 1 unspecified atom stereocenters. The van der Waals surface area contributed by atoms with Crippen molar-refractivity contribution in [3.63, 3.8) is 0 Å². The van der Waals surface area contributed by atoms with E-state index >= 15 is 0 Å². The molecule has 0 spiro atoms. The lowest BCUT2D eigenvalue weighted by atomic mass is 9.96. The van der Waals surface area contributed by atoms with E-state index in [4.69, 9.17) is 35.2 Å². The lowest BCUT2D eigenvalue weighted by Crippen LogP contribution is -2.67. The monoisotopic (exact) mass is 502 g/mol. The second-order valence-electron chi connectivity index (χ2n) is 8.55. The molecule has 0 bridgehead atoms. The second-order valence-corrected chi connectivity index (χ2v) is 8.55. The van der Waals surface area contributed by atoms with Gasteiger partial charge in [0.05, 0.1) is 31.9 Å². The third kappa shape index (κ3) is 5.52. The van der Waals surface area contributed by atoms with E-state index in [2.05, 4.69) is 0 Å². The molecule has 16 heteroatoms. The average molecular weight is 502 g/mol. The summed E-state index contributed by atoms with van der Waals surface area (Å²) >= 11 is 0. The molecule has 0 saturated carbocycles. The van der Waals surface area contributed by atoms with Crippen molar-refractivity contribution in [1.82, 2.24) is 0 Å².